The highest BCUT2D eigenvalue weighted by molar-refractivity contribution is 6.33. The van der Waals surface area contributed by atoms with Crippen molar-refractivity contribution in [3.05, 3.63) is 23.2 Å². The summed E-state index contributed by atoms with van der Waals surface area (Å²) in [5.74, 6) is 0.743. The van der Waals surface area contributed by atoms with Gasteiger partial charge in [-0.1, -0.05) is 25.4 Å². The Morgan fingerprint density at radius 3 is 2.78 bits per heavy atom. The summed E-state index contributed by atoms with van der Waals surface area (Å²) in [5.41, 5.74) is 7.42. The molecule has 1 saturated carbocycles. The zero-order valence-electron chi connectivity index (χ0n) is 10.3. The van der Waals surface area contributed by atoms with E-state index in [9.17, 15) is 0 Å². The second-order valence-corrected chi connectivity index (χ2v) is 5.80. The number of nitrogens with zero attached hydrogens (tertiary/aromatic N) is 4. The molecule has 5 nitrogen and oxygen atoms in total. The van der Waals surface area contributed by atoms with Gasteiger partial charge in [0.15, 0.2) is 5.82 Å². The van der Waals surface area contributed by atoms with Crippen molar-refractivity contribution in [3.63, 3.8) is 0 Å². The molecule has 3 rings (SSSR count). The molecule has 2 N–H and O–H groups in total. The molecule has 0 aliphatic heterocycles. The minimum absolute atomic E-state index is 0.266. The molecule has 0 amide bonds. The molecule has 1 aromatic heterocycles. The SMILES string of the molecule is CC1(C)CC1n1nnnc1-c1ccc(N)c(Cl)c1. The number of benzene rings is 1. The minimum atomic E-state index is 0.266. The summed E-state index contributed by atoms with van der Waals surface area (Å²) in [6.45, 7) is 4.41. The summed E-state index contributed by atoms with van der Waals surface area (Å²) in [5, 5.41) is 12.5. The average Bonchev–Trinajstić information content (AvgIpc) is 2.77. The number of hydrogen-bond acceptors (Lipinski definition) is 4. The first-order chi connectivity index (χ1) is 8.49. The van der Waals surface area contributed by atoms with Gasteiger partial charge in [0.2, 0.25) is 0 Å². The first-order valence-corrected chi connectivity index (χ1v) is 6.20. The lowest BCUT2D eigenvalue weighted by Gasteiger charge is -2.07. The summed E-state index contributed by atoms with van der Waals surface area (Å²) >= 11 is 6.03. The molecule has 1 aliphatic carbocycles. The molecular weight excluding hydrogens is 250 g/mol. The van der Waals surface area contributed by atoms with Crippen molar-refractivity contribution in [2.24, 2.45) is 5.41 Å². The number of halogens is 1. The summed E-state index contributed by atoms with van der Waals surface area (Å²) < 4.78 is 1.88. The Hall–Kier alpha value is -1.62. The monoisotopic (exact) mass is 263 g/mol. The molecule has 2 aromatic rings. The molecule has 18 heavy (non-hydrogen) atoms. The van der Waals surface area contributed by atoms with Crippen molar-refractivity contribution in [2.75, 3.05) is 5.73 Å². The number of aromatic nitrogens is 4. The van der Waals surface area contributed by atoms with Gasteiger partial charge in [0.1, 0.15) is 0 Å². The topological polar surface area (TPSA) is 69.6 Å². The van der Waals surface area contributed by atoms with Crippen LogP contribution >= 0.6 is 11.6 Å². The highest BCUT2D eigenvalue weighted by Crippen LogP contribution is 2.55. The molecule has 0 radical (unpaired) electrons. The highest BCUT2D eigenvalue weighted by atomic mass is 35.5. The highest BCUT2D eigenvalue weighted by Gasteiger charge is 2.49. The second kappa shape index (κ2) is 3.68. The molecule has 0 saturated heterocycles. The van der Waals surface area contributed by atoms with Crippen molar-refractivity contribution in [1.82, 2.24) is 20.2 Å². The molecular formula is C12H14ClN5. The van der Waals surface area contributed by atoms with Crippen LogP contribution in [0.25, 0.3) is 11.4 Å². The van der Waals surface area contributed by atoms with Gasteiger partial charge >= 0.3 is 0 Å². The second-order valence-electron chi connectivity index (χ2n) is 5.39. The lowest BCUT2D eigenvalue weighted by molar-refractivity contribution is 0.497. The maximum atomic E-state index is 6.03. The maximum Gasteiger partial charge on any atom is 0.182 e. The smallest absolute Gasteiger partial charge is 0.182 e. The van der Waals surface area contributed by atoms with E-state index in [2.05, 4.69) is 29.4 Å². The molecule has 1 aromatic carbocycles. The van der Waals surface area contributed by atoms with E-state index in [0.29, 0.717) is 16.8 Å². The Kier molecular flexibility index (Phi) is 2.35. The van der Waals surface area contributed by atoms with Crippen molar-refractivity contribution in [3.8, 4) is 11.4 Å². The Labute approximate surface area is 110 Å². The van der Waals surface area contributed by atoms with Crippen LogP contribution in [-0.4, -0.2) is 20.2 Å². The summed E-state index contributed by atoms with van der Waals surface area (Å²) in [7, 11) is 0. The van der Waals surface area contributed by atoms with Gasteiger partial charge in [-0.25, -0.2) is 4.68 Å². The lowest BCUT2D eigenvalue weighted by Crippen LogP contribution is -2.05. The third kappa shape index (κ3) is 1.75. The van der Waals surface area contributed by atoms with Gasteiger partial charge < -0.3 is 5.73 Å². The third-order valence-corrected chi connectivity index (χ3v) is 3.84. The predicted molar refractivity (Wildman–Crippen MR) is 70.1 cm³/mol. The summed E-state index contributed by atoms with van der Waals surface area (Å²) in [6.07, 6.45) is 1.09. The number of rotatable bonds is 2. The molecule has 1 fully saturated rings. The summed E-state index contributed by atoms with van der Waals surface area (Å²) in [6, 6.07) is 5.82. The fourth-order valence-electron chi connectivity index (χ4n) is 2.12. The van der Waals surface area contributed by atoms with Gasteiger partial charge in [-0.3, -0.25) is 0 Å². The zero-order valence-corrected chi connectivity index (χ0v) is 11.0. The third-order valence-electron chi connectivity index (χ3n) is 3.51. The fourth-order valence-corrected chi connectivity index (χ4v) is 2.30. The Bertz CT molecular complexity index is 604. The largest absolute Gasteiger partial charge is 0.398 e. The lowest BCUT2D eigenvalue weighted by atomic mass is 10.1. The van der Waals surface area contributed by atoms with Gasteiger partial charge in [0.05, 0.1) is 16.8 Å². The van der Waals surface area contributed by atoms with E-state index < -0.39 is 0 Å². The van der Waals surface area contributed by atoms with Crippen molar-refractivity contribution < 1.29 is 0 Å². The number of anilines is 1. The van der Waals surface area contributed by atoms with Gasteiger partial charge in [0, 0.05) is 5.56 Å². The maximum absolute atomic E-state index is 6.03. The van der Waals surface area contributed by atoms with Crippen LogP contribution in [0.4, 0.5) is 5.69 Å². The number of tetrazole rings is 1. The van der Waals surface area contributed by atoms with Crippen LogP contribution in [0, 0.1) is 5.41 Å². The first kappa shape index (κ1) is 11.5. The minimum Gasteiger partial charge on any atom is -0.398 e. The zero-order chi connectivity index (χ0) is 12.9. The van der Waals surface area contributed by atoms with Gasteiger partial charge in [-0.2, -0.15) is 0 Å². The standard InChI is InChI=1S/C12H14ClN5/c1-12(2)6-10(12)18-11(15-16-17-18)7-3-4-9(14)8(13)5-7/h3-5,10H,6,14H2,1-2H3. The molecule has 94 valence electrons. The van der Waals surface area contributed by atoms with E-state index in [4.69, 9.17) is 17.3 Å². The number of nitrogen functional groups attached to an aromatic ring is 1. The number of nitrogens with two attached hydrogens (primary N) is 1. The van der Waals surface area contributed by atoms with Gasteiger partial charge in [-0.05, 0) is 40.5 Å². The molecule has 1 atom stereocenters. The normalized spacial score (nSPS) is 20.9. The van der Waals surface area contributed by atoms with E-state index in [1.807, 2.05) is 10.7 Å². The van der Waals surface area contributed by atoms with Gasteiger partial charge in [-0.15, -0.1) is 5.10 Å². The molecule has 0 spiro atoms. The van der Waals surface area contributed by atoms with Crippen molar-refractivity contribution >= 4 is 17.3 Å². The van der Waals surface area contributed by atoms with Crippen LogP contribution in [0.15, 0.2) is 18.2 Å². The van der Waals surface area contributed by atoms with E-state index >= 15 is 0 Å². The molecule has 1 unspecified atom stereocenters. The van der Waals surface area contributed by atoms with E-state index in [0.717, 1.165) is 17.8 Å². The Balaban J connectivity index is 2.02. The van der Waals surface area contributed by atoms with Crippen LogP contribution in [0.3, 0.4) is 0 Å². The summed E-state index contributed by atoms with van der Waals surface area (Å²) in [4.78, 5) is 0. The number of hydrogen-bond donors (Lipinski definition) is 1. The van der Waals surface area contributed by atoms with E-state index in [1.54, 1.807) is 12.1 Å². The predicted octanol–water partition coefficient (Wildman–Crippen LogP) is 2.55. The fraction of sp³-hybridized carbons (Fsp3) is 0.417. The molecule has 6 heteroatoms. The van der Waals surface area contributed by atoms with Crippen molar-refractivity contribution in [2.45, 2.75) is 26.3 Å². The Morgan fingerprint density at radius 2 is 2.17 bits per heavy atom. The van der Waals surface area contributed by atoms with E-state index in [1.165, 1.54) is 0 Å². The van der Waals surface area contributed by atoms with Crippen LogP contribution in [0.1, 0.15) is 26.3 Å². The molecule has 0 bridgehead atoms. The average molecular weight is 264 g/mol. The van der Waals surface area contributed by atoms with Crippen LogP contribution in [-0.2, 0) is 0 Å². The van der Waals surface area contributed by atoms with E-state index in [-0.39, 0.29) is 5.41 Å². The van der Waals surface area contributed by atoms with Crippen LogP contribution in [0.5, 0.6) is 0 Å². The van der Waals surface area contributed by atoms with Crippen molar-refractivity contribution in [1.29, 1.82) is 0 Å². The first-order valence-electron chi connectivity index (χ1n) is 5.82. The molecule has 1 heterocycles. The quantitative estimate of drug-likeness (QED) is 0.846. The van der Waals surface area contributed by atoms with Crippen LogP contribution < -0.4 is 5.73 Å². The van der Waals surface area contributed by atoms with Gasteiger partial charge in [0.25, 0.3) is 0 Å². The molecule has 1 aliphatic rings. The Morgan fingerprint density at radius 1 is 1.44 bits per heavy atom. The van der Waals surface area contributed by atoms with Crippen LogP contribution in [0.2, 0.25) is 5.02 Å².